The zero-order valence-corrected chi connectivity index (χ0v) is 17.3. The Balaban J connectivity index is 1.65. The fourth-order valence-corrected chi connectivity index (χ4v) is 3.77. The molecule has 0 saturated heterocycles. The van der Waals surface area contributed by atoms with Gasteiger partial charge in [-0.1, -0.05) is 38.1 Å². The number of alkyl halides is 3. The number of halogens is 3. The maximum absolute atomic E-state index is 12.7. The molecular weight excluding hydrogens is 391 g/mol. The van der Waals surface area contributed by atoms with E-state index in [1.807, 2.05) is 36.9 Å². The second kappa shape index (κ2) is 9.02. The summed E-state index contributed by atoms with van der Waals surface area (Å²) in [6.45, 7) is 4.78. The highest BCUT2D eigenvalue weighted by Crippen LogP contribution is 2.31. The van der Waals surface area contributed by atoms with E-state index < -0.39 is 11.7 Å². The molecule has 0 saturated carbocycles. The van der Waals surface area contributed by atoms with E-state index in [0.717, 1.165) is 48.3 Å². The lowest BCUT2D eigenvalue weighted by Crippen LogP contribution is -2.36. The van der Waals surface area contributed by atoms with Crippen LogP contribution in [0.5, 0.6) is 0 Å². The van der Waals surface area contributed by atoms with Gasteiger partial charge in [0.15, 0.2) is 5.78 Å². The fraction of sp³-hybridized carbons (Fsp3) is 0.417. The van der Waals surface area contributed by atoms with E-state index in [1.54, 1.807) is 0 Å². The summed E-state index contributed by atoms with van der Waals surface area (Å²) in [5.74, 6) is 0.254. The normalized spacial score (nSPS) is 14.0. The molecule has 3 nitrogen and oxygen atoms in total. The van der Waals surface area contributed by atoms with Crippen LogP contribution in [0.15, 0.2) is 42.5 Å². The van der Waals surface area contributed by atoms with Gasteiger partial charge >= 0.3 is 6.18 Å². The van der Waals surface area contributed by atoms with Gasteiger partial charge < -0.3 is 4.90 Å². The molecule has 0 spiro atoms. The summed E-state index contributed by atoms with van der Waals surface area (Å²) in [5, 5.41) is 0. The lowest BCUT2D eigenvalue weighted by atomic mass is 9.95. The number of Topliss-reactive ketones (excluding diaryl/α,β-unsaturated/α-hetero) is 1. The molecule has 0 atom stereocenters. The van der Waals surface area contributed by atoms with Crippen molar-refractivity contribution in [3.05, 3.63) is 64.7 Å². The van der Waals surface area contributed by atoms with Gasteiger partial charge in [-0.2, -0.15) is 13.2 Å². The molecule has 1 amide bonds. The highest BCUT2D eigenvalue weighted by molar-refractivity contribution is 5.96. The van der Waals surface area contributed by atoms with Gasteiger partial charge in [-0.25, -0.2) is 0 Å². The largest absolute Gasteiger partial charge is 0.416 e. The summed E-state index contributed by atoms with van der Waals surface area (Å²) in [6, 6.07) is 10.3. The Morgan fingerprint density at radius 1 is 1.07 bits per heavy atom. The van der Waals surface area contributed by atoms with Crippen LogP contribution >= 0.6 is 0 Å². The monoisotopic (exact) mass is 417 g/mol. The lowest BCUT2D eigenvalue weighted by molar-refractivity contribution is -0.137. The second-order valence-electron chi connectivity index (χ2n) is 8.21. The number of carbonyl (C=O) groups excluding carboxylic acids is 2. The number of amides is 1. The minimum absolute atomic E-state index is 0.135. The van der Waals surface area contributed by atoms with Gasteiger partial charge in [-0.05, 0) is 54.5 Å². The van der Waals surface area contributed by atoms with Crippen LogP contribution in [0.1, 0.15) is 60.2 Å². The van der Waals surface area contributed by atoms with Crippen LogP contribution in [0.2, 0.25) is 0 Å². The predicted molar refractivity (Wildman–Crippen MR) is 111 cm³/mol. The third kappa shape index (κ3) is 5.29. The van der Waals surface area contributed by atoms with E-state index >= 15 is 0 Å². The minimum Gasteiger partial charge on any atom is -0.312 e. The number of carbonyl (C=O) groups is 2. The number of benzene rings is 2. The maximum atomic E-state index is 12.7. The molecule has 160 valence electrons. The zero-order chi connectivity index (χ0) is 21.9. The fourth-order valence-electron chi connectivity index (χ4n) is 3.77. The molecule has 3 rings (SSSR count). The first-order chi connectivity index (χ1) is 14.1. The zero-order valence-electron chi connectivity index (χ0n) is 17.3. The number of hydrogen-bond acceptors (Lipinski definition) is 2. The first-order valence-electron chi connectivity index (χ1n) is 10.3. The number of nitrogens with zero attached hydrogens (tertiary/aromatic N) is 1. The molecule has 0 radical (unpaired) electrons. The van der Waals surface area contributed by atoms with Gasteiger partial charge in [0.05, 0.1) is 5.56 Å². The molecule has 0 N–H and O–H groups in total. The first kappa shape index (κ1) is 22.1. The first-order valence-corrected chi connectivity index (χ1v) is 10.3. The molecule has 2 aromatic carbocycles. The Morgan fingerprint density at radius 2 is 1.77 bits per heavy atom. The SMILES string of the molecule is CC(C)CC(=O)N1CCCc2cc(CCC(=O)c3ccc(C(F)(F)F)cc3)ccc21. The molecule has 6 heteroatoms. The van der Waals surface area contributed by atoms with Gasteiger partial charge in [0.2, 0.25) is 5.91 Å². The minimum atomic E-state index is -4.41. The Labute approximate surface area is 174 Å². The summed E-state index contributed by atoms with van der Waals surface area (Å²) in [7, 11) is 0. The van der Waals surface area contributed by atoms with Gasteiger partial charge in [0.25, 0.3) is 0 Å². The van der Waals surface area contributed by atoms with E-state index in [-0.39, 0.29) is 23.7 Å². The number of hydrogen-bond donors (Lipinski definition) is 0. The van der Waals surface area contributed by atoms with Gasteiger partial charge in [-0.3, -0.25) is 9.59 Å². The van der Waals surface area contributed by atoms with E-state index in [0.29, 0.717) is 18.8 Å². The van der Waals surface area contributed by atoms with Crippen LogP contribution in [0.3, 0.4) is 0 Å². The molecule has 0 aromatic heterocycles. The quantitative estimate of drug-likeness (QED) is 0.553. The van der Waals surface area contributed by atoms with Gasteiger partial charge in [-0.15, -0.1) is 0 Å². The second-order valence-corrected chi connectivity index (χ2v) is 8.21. The van der Waals surface area contributed by atoms with Crippen LogP contribution in [0.25, 0.3) is 0 Å². The van der Waals surface area contributed by atoms with Crippen molar-refractivity contribution in [2.24, 2.45) is 5.92 Å². The van der Waals surface area contributed by atoms with Crippen molar-refractivity contribution < 1.29 is 22.8 Å². The summed E-state index contributed by atoms with van der Waals surface area (Å²) >= 11 is 0. The Bertz CT molecular complexity index is 917. The third-order valence-electron chi connectivity index (χ3n) is 5.32. The molecule has 1 heterocycles. The van der Waals surface area contributed by atoms with E-state index in [1.165, 1.54) is 12.1 Å². The van der Waals surface area contributed by atoms with Gasteiger partial charge in [0.1, 0.15) is 0 Å². The van der Waals surface area contributed by atoms with Crippen LogP contribution in [0.4, 0.5) is 18.9 Å². The average molecular weight is 417 g/mol. The van der Waals surface area contributed by atoms with Crippen molar-refractivity contribution in [3.8, 4) is 0 Å². The molecule has 0 fully saturated rings. The Kier molecular flexibility index (Phi) is 6.64. The average Bonchev–Trinajstić information content (AvgIpc) is 2.70. The van der Waals surface area contributed by atoms with Crippen molar-refractivity contribution in [1.82, 2.24) is 0 Å². The van der Waals surface area contributed by atoms with Crippen molar-refractivity contribution in [1.29, 1.82) is 0 Å². The van der Waals surface area contributed by atoms with E-state index in [9.17, 15) is 22.8 Å². The van der Waals surface area contributed by atoms with Crippen molar-refractivity contribution in [2.75, 3.05) is 11.4 Å². The standard InChI is InChI=1S/C24H26F3NO2/c1-16(2)14-23(30)28-13-3-4-19-15-17(5-11-21(19)28)6-12-22(29)18-7-9-20(10-8-18)24(25,26)27/h5,7-11,15-16H,3-4,6,12-14H2,1-2H3. The van der Waals surface area contributed by atoms with Crippen LogP contribution in [0, 0.1) is 5.92 Å². The van der Waals surface area contributed by atoms with Crippen LogP contribution < -0.4 is 4.90 Å². The lowest BCUT2D eigenvalue weighted by Gasteiger charge is -2.30. The predicted octanol–water partition coefficient (Wildman–Crippen LogP) is 5.85. The Morgan fingerprint density at radius 3 is 2.40 bits per heavy atom. The molecule has 0 unspecified atom stereocenters. The van der Waals surface area contributed by atoms with E-state index in [4.69, 9.17) is 0 Å². The number of fused-ring (bicyclic) bond motifs is 1. The van der Waals surface area contributed by atoms with Crippen molar-refractivity contribution in [2.45, 2.75) is 52.1 Å². The number of rotatable bonds is 6. The molecular formula is C24H26F3NO2. The highest BCUT2D eigenvalue weighted by Gasteiger charge is 2.30. The van der Waals surface area contributed by atoms with Crippen molar-refractivity contribution in [3.63, 3.8) is 0 Å². The number of aryl methyl sites for hydroxylation is 2. The van der Waals surface area contributed by atoms with Crippen LogP contribution in [-0.2, 0) is 23.8 Å². The molecule has 2 aromatic rings. The molecule has 0 aliphatic carbocycles. The van der Waals surface area contributed by atoms with E-state index in [2.05, 4.69) is 0 Å². The highest BCUT2D eigenvalue weighted by atomic mass is 19.4. The van der Waals surface area contributed by atoms with Crippen LogP contribution in [-0.4, -0.2) is 18.2 Å². The summed E-state index contributed by atoms with van der Waals surface area (Å²) < 4.78 is 38.0. The topological polar surface area (TPSA) is 37.4 Å². The maximum Gasteiger partial charge on any atom is 0.416 e. The Hall–Kier alpha value is -2.63. The molecule has 0 bridgehead atoms. The summed E-state index contributed by atoms with van der Waals surface area (Å²) in [5.41, 5.74) is 2.58. The summed E-state index contributed by atoms with van der Waals surface area (Å²) in [4.78, 5) is 26.8. The molecule has 30 heavy (non-hydrogen) atoms. The van der Waals surface area contributed by atoms with Crippen molar-refractivity contribution >= 4 is 17.4 Å². The number of anilines is 1. The third-order valence-corrected chi connectivity index (χ3v) is 5.32. The molecule has 1 aliphatic rings. The molecule has 1 aliphatic heterocycles. The van der Waals surface area contributed by atoms with Gasteiger partial charge in [0, 0.05) is 30.6 Å². The summed E-state index contributed by atoms with van der Waals surface area (Å²) in [6.07, 6.45) is -1.36. The number of ketones is 1. The smallest absolute Gasteiger partial charge is 0.312 e.